The molecule has 10 heteroatoms. The molecule has 0 atom stereocenters. The molecule has 38 heavy (non-hydrogen) atoms. The minimum atomic E-state index is -0.378. The van der Waals surface area contributed by atoms with Crippen molar-refractivity contribution in [3.05, 3.63) is 102 Å². The highest BCUT2D eigenvalue weighted by molar-refractivity contribution is 8.26. The number of thiocarbonyl (C=S) groups is 1. The first-order valence-corrected chi connectivity index (χ1v) is 13.9. The normalized spacial score (nSPS) is 14.3. The number of nitrogens with one attached hydrogen (secondary N) is 1. The molecule has 1 amide bonds. The van der Waals surface area contributed by atoms with Gasteiger partial charge in [0.1, 0.15) is 21.8 Å². The Labute approximate surface area is 240 Å². The molecule has 1 N–H and O–H groups in total. The molecule has 2 aromatic carbocycles. The fraction of sp³-hybridized carbons (Fsp3) is 0.214. The number of nitrogens with zero attached hydrogens (tertiary/aromatic N) is 3. The van der Waals surface area contributed by atoms with E-state index >= 15 is 0 Å². The van der Waals surface area contributed by atoms with Gasteiger partial charge in [0.25, 0.3) is 11.5 Å². The highest BCUT2D eigenvalue weighted by Gasteiger charge is 2.33. The minimum Gasteiger partial charge on any atom is -0.367 e. The first-order valence-electron chi connectivity index (χ1n) is 11.9. The van der Waals surface area contributed by atoms with Crippen LogP contribution in [0.25, 0.3) is 6.08 Å². The summed E-state index contributed by atoms with van der Waals surface area (Å²) in [7, 11) is 0. The van der Waals surface area contributed by atoms with Gasteiger partial charge in [-0.05, 0) is 48.2 Å². The number of benzene rings is 2. The van der Waals surface area contributed by atoms with Gasteiger partial charge in [0, 0.05) is 28.7 Å². The highest BCUT2D eigenvalue weighted by Crippen LogP contribution is 2.36. The Bertz CT molecular complexity index is 1560. The van der Waals surface area contributed by atoms with Gasteiger partial charge in [0.15, 0.2) is 0 Å². The average molecular weight is 584 g/mol. The minimum absolute atomic E-state index is 0.0412. The molecule has 1 aromatic heterocycles. The first-order chi connectivity index (χ1) is 18.3. The van der Waals surface area contributed by atoms with E-state index in [1.807, 2.05) is 43.3 Å². The Hall–Kier alpha value is -3.09. The molecule has 1 aliphatic heterocycles. The first kappa shape index (κ1) is 27.9. The molecule has 0 spiro atoms. The van der Waals surface area contributed by atoms with Crippen LogP contribution < -0.4 is 10.9 Å². The topological polar surface area (TPSA) is 78.1 Å². The average Bonchev–Trinajstić information content (AvgIpc) is 3.16. The number of anilines is 1. The molecule has 3 aromatic rings. The maximum Gasteiger partial charge on any atom is 0.270 e. The zero-order valence-corrected chi connectivity index (χ0v) is 23.9. The Morgan fingerprint density at radius 2 is 1.71 bits per heavy atom. The number of carbonyl (C=O) groups excluding carboxylic acids is 1. The second kappa shape index (κ2) is 12.2. The van der Waals surface area contributed by atoms with Gasteiger partial charge >= 0.3 is 0 Å². The van der Waals surface area contributed by atoms with Crippen LogP contribution in [-0.4, -0.2) is 19.7 Å². The summed E-state index contributed by atoms with van der Waals surface area (Å²) in [4.78, 5) is 28.6. The molecule has 2 heterocycles. The van der Waals surface area contributed by atoms with E-state index in [1.54, 1.807) is 29.7 Å². The summed E-state index contributed by atoms with van der Waals surface area (Å²) in [6, 6.07) is 16.8. The summed E-state index contributed by atoms with van der Waals surface area (Å²) in [5, 5.41) is 14.3. The Morgan fingerprint density at radius 3 is 2.32 bits per heavy atom. The number of aromatic nitrogens is 1. The van der Waals surface area contributed by atoms with E-state index in [9.17, 15) is 14.9 Å². The van der Waals surface area contributed by atoms with E-state index in [1.165, 1.54) is 16.7 Å². The Morgan fingerprint density at radius 1 is 1.08 bits per heavy atom. The molecule has 0 aliphatic carbocycles. The lowest BCUT2D eigenvalue weighted by molar-refractivity contribution is -0.122. The van der Waals surface area contributed by atoms with Crippen molar-refractivity contribution in [1.82, 2.24) is 9.47 Å². The van der Waals surface area contributed by atoms with Crippen LogP contribution in [0, 0.1) is 18.3 Å². The third-order valence-electron chi connectivity index (χ3n) is 6.16. The van der Waals surface area contributed by atoms with Crippen LogP contribution in [0.15, 0.2) is 58.2 Å². The van der Waals surface area contributed by atoms with Crippen molar-refractivity contribution in [2.75, 3.05) is 5.32 Å². The van der Waals surface area contributed by atoms with Gasteiger partial charge in [-0.15, -0.1) is 0 Å². The summed E-state index contributed by atoms with van der Waals surface area (Å²) in [6.45, 7) is 4.66. The fourth-order valence-electron chi connectivity index (χ4n) is 4.18. The van der Waals surface area contributed by atoms with Crippen LogP contribution in [0.4, 0.5) is 5.82 Å². The van der Waals surface area contributed by atoms with E-state index in [0.717, 1.165) is 11.1 Å². The maximum atomic E-state index is 13.4. The van der Waals surface area contributed by atoms with Crippen molar-refractivity contribution in [2.45, 2.75) is 39.9 Å². The van der Waals surface area contributed by atoms with Gasteiger partial charge in [0.2, 0.25) is 0 Å². The van der Waals surface area contributed by atoms with Crippen LogP contribution in [0.2, 0.25) is 10.0 Å². The number of amides is 1. The monoisotopic (exact) mass is 582 g/mol. The molecule has 194 valence electrons. The Kier molecular flexibility index (Phi) is 8.95. The van der Waals surface area contributed by atoms with E-state index in [-0.39, 0.29) is 23.6 Å². The maximum absolute atomic E-state index is 13.4. The van der Waals surface area contributed by atoms with Crippen molar-refractivity contribution in [1.29, 1.82) is 5.26 Å². The third-order valence-corrected chi connectivity index (χ3v) is 8.28. The van der Waals surface area contributed by atoms with Gasteiger partial charge < -0.3 is 5.32 Å². The summed E-state index contributed by atoms with van der Waals surface area (Å²) < 4.78 is 1.96. The number of carbonyl (C=O) groups is 1. The molecule has 6 nitrogen and oxygen atoms in total. The zero-order chi connectivity index (χ0) is 27.4. The van der Waals surface area contributed by atoms with E-state index in [4.69, 9.17) is 35.4 Å². The quantitative estimate of drug-likeness (QED) is 0.233. The van der Waals surface area contributed by atoms with Crippen LogP contribution in [0.1, 0.15) is 41.2 Å². The van der Waals surface area contributed by atoms with E-state index in [2.05, 4.69) is 11.4 Å². The van der Waals surface area contributed by atoms with Gasteiger partial charge in [-0.3, -0.25) is 19.1 Å². The molecule has 0 bridgehead atoms. The van der Waals surface area contributed by atoms with Crippen molar-refractivity contribution in [3.63, 3.8) is 0 Å². The molecular weight excluding hydrogens is 559 g/mol. The third kappa shape index (κ3) is 5.67. The van der Waals surface area contributed by atoms with Crippen molar-refractivity contribution in [3.8, 4) is 6.07 Å². The predicted molar refractivity (Wildman–Crippen MR) is 159 cm³/mol. The molecule has 4 rings (SSSR count). The largest absolute Gasteiger partial charge is 0.367 e. The van der Waals surface area contributed by atoms with E-state index < -0.39 is 0 Å². The fourth-order valence-corrected chi connectivity index (χ4v) is 5.81. The molecule has 1 saturated heterocycles. The summed E-state index contributed by atoms with van der Waals surface area (Å²) in [6.07, 6.45) is 2.39. The molecule has 1 fully saturated rings. The number of nitriles is 1. The Balaban J connectivity index is 1.79. The number of rotatable bonds is 8. The molecule has 0 saturated carbocycles. The van der Waals surface area contributed by atoms with Crippen LogP contribution >= 0.6 is 47.2 Å². The molecule has 1 aliphatic rings. The summed E-state index contributed by atoms with van der Waals surface area (Å²) in [5.41, 5.74) is 2.37. The number of hydrogen-bond acceptors (Lipinski definition) is 6. The molecule has 0 radical (unpaired) electrons. The number of halogens is 2. The highest BCUT2D eigenvalue weighted by atomic mass is 35.5. The van der Waals surface area contributed by atoms with Crippen molar-refractivity contribution in [2.24, 2.45) is 0 Å². The van der Waals surface area contributed by atoms with Gasteiger partial charge in [-0.25, -0.2) is 0 Å². The van der Waals surface area contributed by atoms with Gasteiger partial charge in [-0.1, -0.05) is 90.5 Å². The van der Waals surface area contributed by atoms with E-state index in [0.29, 0.717) is 55.7 Å². The SMILES string of the molecule is CCCn1c(NCc2ccccc2Cl)c(/C=C2/SC(=S)N(Cc3ccccc3Cl)C2=O)c(C)c(C#N)c1=O. The summed E-state index contributed by atoms with van der Waals surface area (Å²) in [5.74, 6) is 0.257. The van der Waals surface area contributed by atoms with Crippen LogP contribution in [0.3, 0.4) is 0 Å². The van der Waals surface area contributed by atoms with Crippen LogP contribution in [-0.2, 0) is 24.4 Å². The standard InChI is InChI=1S/C28H24Cl2N4O2S2/c1-3-12-33-25(32-15-18-8-4-6-10-22(18)29)20(17(2)21(14-31)26(33)35)13-24-27(36)34(28(37)38-24)16-19-9-5-7-11-23(19)30/h4-11,13,32H,3,12,15-16H2,1-2H3/b24-13+. The second-order valence-electron chi connectivity index (χ2n) is 8.64. The number of hydrogen-bond donors (Lipinski definition) is 1. The molecule has 0 unspecified atom stereocenters. The van der Waals surface area contributed by atoms with Crippen molar-refractivity contribution >= 4 is 69.3 Å². The summed E-state index contributed by atoms with van der Waals surface area (Å²) >= 11 is 19.4. The predicted octanol–water partition coefficient (Wildman–Crippen LogP) is 6.76. The van der Waals surface area contributed by atoms with Crippen molar-refractivity contribution < 1.29 is 4.79 Å². The number of pyridine rings is 1. The smallest absolute Gasteiger partial charge is 0.270 e. The second-order valence-corrected chi connectivity index (χ2v) is 11.1. The van der Waals surface area contributed by atoms with Gasteiger partial charge in [-0.2, -0.15) is 5.26 Å². The number of thioether (sulfide) groups is 1. The lowest BCUT2D eigenvalue weighted by Gasteiger charge is -2.20. The lowest BCUT2D eigenvalue weighted by atomic mass is 10.0. The zero-order valence-electron chi connectivity index (χ0n) is 20.8. The van der Waals surface area contributed by atoms with Crippen LogP contribution in [0.5, 0.6) is 0 Å². The van der Waals surface area contributed by atoms with Gasteiger partial charge in [0.05, 0.1) is 11.4 Å². The lowest BCUT2D eigenvalue weighted by Crippen LogP contribution is -2.28. The molecular formula is C28H24Cl2N4O2S2.